The highest BCUT2D eigenvalue weighted by molar-refractivity contribution is 4.90. The van der Waals surface area contributed by atoms with Crippen molar-refractivity contribution in [2.45, 2.75) is 58.4 Å². The fourth-order valence-corrected chi connectivity index (χ4v) is 2.92. The van der Waals surface area contributed by atoms with Crippen molar-refractivity contribution in [1.82, 2.24) is 10.2 Å². The van der Waals surface area contributed by atoms with E-state index in [1.807, 2.05) is 0 Å². The molecule has 0 aromatic rings. The first kappa shape index (κ1) is 15.5. The molecule has 0 aliphatic carbocycles. The van der Waals surface area contributed by atoms with Crippen LogP contribution in [0.4, 0.5) is 0 Å². The maximum absolute atomic E-state index is 9.02. The molecular formula is C15H29N3. The van der Waals surface area contributed by atoms with Gasteiger partial charge in [-0.05, 0) is 51.2 Å². The largest absolute Gasteiger partial charge is 0.303 e. The van der Waals surface area contributed by atoms with Gasteiger partial charge in [0.2, 0.25) is 0 Å². The third kappa shape index (κ3) is 5.84. The number of hydrogen-bond acceptors (Lipinski definition) is 3. The molecule has 3 heteroatoms. The maximum atomic E-state index is 9.02. The Hall–Kier alpha value is -0.590. The SMILES string of the molecule is CCCC1CCCN(CCC(C#N)NCC)CC1. The van der Waals surface area contributed by atoms with Gasteiger partial charge in [-0.15, -0.1) is 0 Å². The summed E-state index contributed by atoms with van der Waals surface area (Å²) in [6.07, 6.45) is 7.77. The van der Waals surface area contributed by atoms with Gasteiger partial charge in [0.1, 0.15) is 0 Å². The lowest BCUT2D eigenvalue weighted by molar-refractivity contribution is 0.269. The summed E-state index contributed by atoms with van der Waals surface area (Å²) in [5.41, 5.74) is 0. The molecule has 0 saturated carbocycles. The molecule has 3 nitrogen and oxygen atoms in total. The van der Waals surface area contributed by atoms with Crippen LogP contribution in [0.3, 0.4) is 0 Å². The Labute approximate surface area is 113 Å². The van der Waals surface area contributed by atoms with Gasteiger partial charge in [0.15, 0.2) is 0 Å². The number of nitriles is 1. The van der Waals surface area contributed by atoms with Crippen molar-refractivity contribution in [1.29, 1.82) is 5.26 Å². The van der Waals surface area contributed by atoms with Crippen LogP contribution in [-0.4, -0.2) is 37.1 Å². The van der Waals surface area contributed by atoms with Gasteiger partial charge >= 0.3 is 0 Å². The Kier molecular flexibility index (Phi) is 8.04. The van der Waals surface area contributed by atoms with Gasteiger partial charge in [-0.2, -0.15) is 5.26 Å². The lowest BCUT2D eigenvalue weighted by atomic mass is 9.96. The summed E-state index contributed by atoms with van der Waals surface area (Å²) >= 11 is 0. The second-order valence-electron chi connectivity index (χ2n) is 5.46. The zero-order valence-corrected chi connectivity index (χ0v) is 12.1. The van der Waals surface area contributed by atoms with E-state index in [0.29, 0.717) is 0 Å². The molecule has 18 heavy (non-hydrogen) atoms. The molecule has 1 saturated heterocycles. The molecule has 0 aromatic carbocycles. The molecule has 1 aliphatic rings. The summed E-state index contributed by atoms with van der Waals surface area (Å²) < 4.78 is 0. The normalized spacial score (nSPS) is 23.3. The summed E-state index contributed by atoms with van der Waals surface area (Å²) in [5.74, 6) is 0.945. The van der Waals surface area contributed by atoms with E-state index in [-0.39, 0.29) is 6.04 Å². The van der Waals surface area contributed by atoms with E-state index in [1.165, 1.54) is 45.2 Å². The Morgan fingerprint density at radius 1 is 1.33 bits per heavy atom. The second-order valence-corrected chi connectivity index (χ2v) is 5.46. The topological polar surface area (TPSA) is 39.1 Å². The van der Waals surface area contributed by atoms with Crippen LogP contribution in [0, 0.1) is 17.2 Å². The highest BCUT2D eigenvalue weighted by atomic mass is 15.1. The van der Waals surface area contributed by atoms with Gasteiger partial charge in [0.05, 0.1) is 12.1 Å². The monoisotopic (exact) mass is 251 g/mol. The third-order valence-corrected chi connectivity index (χ3v) is 3.98. The average Bonchev–Trinajstić information content (AvgIpc) is 2.60. The molecule has 1 rings (SSSR count). The van der Waals surface area contributed by atoms with Gasteiger partial charge in [-0.25, -0.2) is 0 Å². The molecule has 2 unspecified atom stereocenters. The molecular weight excluding hydrogens is 222 g/mol. The summed E-state index contributed by atoms with van der Waals surface area (Å²) in [6, 6.07) is 2.38. The molecule has 0 radical (unpaired) electrons. The Morgan fingerprint density at radius 2 is 2.17 bits per heavy atom. The molecule has 0 aromatic heterocycles. The highest BCUT2D eigenvalue weighted by Crippen LogP contribution is 2.21. The van der Waals surface area contributed by atoms with Crippen molar-refractivity contribution in [3.8, 4) is 6.07 Å². The predicted octanol–water partition coefficient (Wildman–Crippen LogP) is 2.78. The van der Waals surface area contributed by atoms with Crippen molar-refractivity contribution in [3.63, 3.8) is 0 Å². The summed E-state index contributed by atoms with van der Waals surface area (Å²) in [5, 5.41) is 12.3. The fourth-order valence-electron chi connectivity index (χ4n) is 2.92. The Balaban J connectivity index is 2.24. The standard InChI is InChI=1S/C15H29N3/c1-3-6-14-7-5-10-18(11-8-14)12-9-15(13-16)17-4-2/h14-15,17H,3-12H2,1-2H3. The molecule has 0 bridgehead atoms. The van der Waals surface area contributed by atoms with Crippen LogP contribution in [0.5, 0.6) is 0 Å². The van der Waals surface area contributed by atoms with E-state index < -0.39 is 0 Å². The molecule has 1 fully saturated rings. The van der Waals surface area contributed by atoms with E-state index in [2.05, 4.69) is 30.1 Å². The van der Waals surface area contributed by atoms with E-state index in [0.717, 1.165) is 25.4 Å². The number of likely N-dealkylation sites (tertiary alicyclic amines) is 1. The predicted molar refractivity (Wildman–Crippen MR) is 76.4 cm³/mol. The quantitative estimate of drug-likeness (QED) is 0.756. The minimum Gasteiger partial charge on any atom is -0.303 e. The zero-order valence-electron chi connectivity index (χ0n) is 12.1. The minimum atomic E-state index is 0.0321. The van der Waals surface area contributed by atoms with E-state index in [1.54, 1.807) is 0 Å². The van der Waals surface area contributed by atoms with Gasteiger partial charge in [0.25, 0.3) is 0 Å². The van der Waals surface area contributed by atoms with E-state index in [9.17, 15) is 0 Å². The van der Waals surface area contributed by atoms with Crippen molar-refractivity contribution in [2.75, 3.05) is 26.2 Å². The number of hydrogen-bond donors (Lipinski definition) is 1. The summed E-state index contributed by atoms with van der Waals surface area (Å²) in [4.78, 5) is 2.55. The summed E-state index contributed by atoms with van der Waals surface area (Å²) in [6.45, 7) is 8.77. The highest BCUT2D eigenvalue weighted by Gasteiger charge is 2.17. The van der Waals surface area contributed by atoms with Crippen molar-refractivity contribution in [3.05, 3.63) is 0 Å². The fraction of sp³-hybridized carbons (Fsp3) is 0.933. The molecule has 0 spiro atoms. The van der Waals surface area contributed by atoms with Crippen LogP contribution in [0.1, 0.15) is 52.4 Å². The van der Waals surface area contributed by atoms with Crippen LogP contribution >= 0.6 is 0 Å². The second kappa shape index (κ2) is 9.35. The lowest BCUT2D eigenvalue weighted by Gasteiger charge is -2.21. The van der Waals surface area contributed by atoms with Crippen LogP contribution < -0.4 is 5.32 Å². The maximum Gasteiger partial charge on any atom is 0.0965 e. The smallest absolute Gasteiger partial charge is 0.0965 e. The molecule has 104 valence electrons. The molecule has 0 amide bonds. The minimum absolute atomic E-state index is 0.0321. The van der Waals surface area contributed by atoms with Crippen LogP contribution in [-0.2, 0) is 0 Å². The van der Waals surface area contributed by atoms with E-state index >= 15 is 0 Å². The Bertz CT molecular complexity index is 247. The lowest BCUT2D eigenvalue weighted by Crippen LogP contribution is -2.34. The molecule has 1 N–H and O–H groups in total. The first-order valence-corrected chi connectivity index (χ1v) is 7.65. The number of nitrogens with one attached hydrogen (secondary N) is 1. The molecule has 1 heterocycles. The van der Waals surface area contributed by atoms with Crippen molar-refractivity contribution >= 4 is 0 Å². The third-order valence-electron chi connectivity index (χ3n) is 3.98. The van der Waals surface area contributed by atoms with Crippen LogP contribution in [0.15, 0.2) is 0 Å². The summed E-state index contributed by atoms with van der Waals surface area (Å²) in [7, 11) is 0. The van der Waals surface area contributed by atoms with Crippen molar-refractivity contribution < 1.29 is 0 Å². The van der Waals surface area contributed by atoms with Crippen LogP contribution in [0.2, 0.25) is 0 Å². The van der Waals surface area contributed by atoms with Gasteiger partial charge in [-0.1, -0.05) is 26.7 Å². The first-order chi connectivity index (χ1) is 8.80. The van der Waals surface area contributed by atoms with Gasteiger partial charge < -0.3 is 10.2 Å². The zero-order chi connectivity index (χ0) is 13.2. The van der Waals surface area contributed by atoms with Crippen LogP contribution in [0.25, 0.3) is 0 Å². The van der Waals surface area contributed by atoms with Crippen molar-refractivity contribution in [2.24, 2.45) is 5.92 Å². The van der Waals surface area contributed by atoms with Gasteiger partial charge in [-0.3, -0.25) is 0 Å². The number of rotatable bonds is 7. The Morgan fingerprint density at radius 3 is 2.83 bits per heavy atom. The average molecular weight is 251 g/mol. The molecule has 2 atom stereocenters. The van der Waals surface area contributed by atoms with Gasteiger partial charge in [0, 0.05) is 6.54 Å². The number of nitrogens with zero attached hydrogens (tertiary/aromatic N) is 2. The molecule has 1 aliphatic heterocycles. The first-order valence-electron chi connectivity index (χ1n) is 7.65. The van der Waals surface area contributed by atoms with E-state index in [4.69, 9.17) is 5.26 Å².